The summed E-state index contributed by atoms with van der Waals surface area (Å²) in [6.45, 7) is 1.14. The van der Waals surface area contributed by atoms with Crippen LogP contribution in [0.25, 0.3) is 5.76 Å². The highest BCUT2D eigenvalue weighted by Gasteiger charge is 2.46. The molecule has 164 valence electrons. The van der Waals surface area contributed by atoms with Crippen LogP contribution in [-0.2, 0) is 9.59 Å². The summed E-state index contributed by atoms with van der Waals surface area (Å²) in [7, 11) is 6.89. The normalized spacial score (nSPS) is 18.0. The molecule has 8 nitrogen and oxygen atoms in total. The molecule has 1 atom stereocenters. The van der Waals surface area contributed by atoms with Gasteiger partial charge < -0.3 is 24.4 Å². The second-order valence-electron chi connectivity index (χ2n) is 7.50. The number of ether oxygens (including phenoxy) is 2. The fourth-order valence-corrected chi connectivity index (χ4v) is 3.70. The zero-order valence-electron chi connectivity index (χ0n) is 18.2. The number of nitrogens with zero attached hydrogens (tertiary/aromatic N) is 3. The van der Waals surface area contributed by atoms with Gasteiger partial charge in [-0.05, 0) is 56.9 Å². The van der Waals surface area contributed by atoms with Crippen molar-refractivity contribution in [3.8, 4) is 11.5 Å². The lowest BCUT2D eigenvalue weighted by molar-refractivity contribution is -0.139. The monoisotopic (exact) mass is 425 g/mol. The average Bonchev–Trinajstić information content (AvgIpc) is 3.03. The minimum Gasteiger partial charge on any atom is -0.507 e. The van der Waals surface area contributed by atoms with Crippen LogP contribution in [-0.4, -0.2) is 73.0 Å². The van der Waals surface area contributed by atoms with Gasteiger partial charge in [0, 0.05) is 25.0 Å². The van der Waals surface area contributed by atoms with E-state index in [-0.39, 0.29) is 11.3 Å². The van der Waals surface area contributed by atoms with Crippen molar-refractivity contribution < 1.29 is 24.2 Å². The van der Waals surface area contributed by atoms with E-state index in [2.05, 4.69) is 4.98 Å². The van der Waals surface area contributed by atoms with Gasteiger partial charge in [0.05, 0.1) is 31.4 Å². The second-order valence-corrected chi connectivity index (χ2v) is 7.50. The van der Waals surface area contributed by atoms with E-state index in [1.165, 1.54) is 19.1 Å². The Morgan fingerprint density at radius 2 is 1.84 bits per heavy atom. The number of amides is 1. The lowest BCUT2D eigenvalue weighted by Crippen LogP contribution is -2.32. The first-order valence-corrected chi connectivity index (χ1v) is 9.94. The van der Waals surface area contributed by atoms with Gasteiger partial charge >= 0.3 is 0 Å². The molecule has 3 rings (SSSR count). The Morgan fingerprint density at radius 3 is 2.45 bits per heavy atom. The molecule has 1 aromatic carbocycles. The topological polar surface area (TPSA) is 92.2 Å². The fraction of sp³-hybridized carbons (Fsp3) is 0.348. The molecule has 2 aromatic rings. The van der Waals surface area contributed by atoms with Gasteiger partial charge in [-0.3, -0.25) is 14.6 Å². The number of ketones is 1. The van der Waals surface area contributed by atoms with Crippen molar-refractivity contribution in [1.29, 1.82) is 0 Å². The lowest BCUT2D eigenvalue weighted by atomic mass is 9.95. The number of carbonyl (C=O) groups excluding carboxylic acids is 2. The Kier molecular flexibility index (Phi) is 6.91. The van der Waals surface area contributed by atoms with Crippen molar-refractivity contribution in [3.63, 3.8) is 0 Å². The summed E-state index contributed by atoms with van der Waals surface area (Å²) in [6.07, 6.45) is 3.89. The van der Waals surface area contributed by atoms with Crippen molar-refractivity contribution >= 4 is 17.4 Å². The van der Waals surface area contributed by atoms with Crippen LogP contribution in [0.3, 0.4) is 0 Å². The van der Waals surface area contributed by atoms with Gasteiger partial charge in [0.25, 0.3) is 11.7 Å². The molecular formula is C23H27N3O5. The van der Waals surface area contributed by atoms with Gasteiger partial charge in [0.15, 0.2) is 0 Å². The molecule has 31 heavy (non-hydrogen) atoms. The maximum atomic E-state index is 13.0. The maximum Gasteiger partial charge on any atom is 0.295 e. The van der Waals surface area contributed by atoms with Crippen LogP contribution in [0.15, 0.2) is 48.3 Å². The van der Waals surface area contributed by atoms with E-state index in [9.17, 15) is 14.7 Å². The van der Waals surface area contributed by atoms with E-state index >= 15 is 0 Å². The summed E-state index contributed by atoms with van der Waals surface area (Å²) >= 11 is 0. The minimum atomic E-state index is -0.720. The summed E-state index contributed by atoms with van der Waals surface area (Å²) in [5.41, 5.74) is 1.05. The number of hydrogen-bond acceptors (Lipinski definition) is 7. The SMILES string of the molecule is COc1ccc(C(O)=C2C(=O)C(=O)N(CCCN(C)C)[C@H]2c2ccncc2)c(OC)c1. The summed E-state index contributed by atoms with van der Waals surface area (Å²) in [6, 6.07) is 7.66. The number of likely N-dealkylation sites (tertiary alicyclic amines) is 1. The first-order valence-electron chi connectivity index (χ1n) is 9.94. The van der Waals surface area contributed by atoms with Gasteiger partial charge in [-0.15, -0.1) is 0 Å². The number of aliphatic hydroxyl groups excluding tert-OH is 1. The number of pyridine rings is 1. The number of aromatic nitrogens is 1. The first kappa shape index (κ1) is 22.3. The number of rotatable bonds is 8. The lowest BCUT2D eigenvalue weighted by Gasteiger charge is -2.26. The molecule has 0 unspecified atom stereocenters. The van der Waals surface area contributed by atoms with Gasteiger partial charge in [-0.25, -0.2) is 0 Å². The number of carbonyl (C=O) groups is 2. The van der Waals surface area contributed by atoms with Crippen LogP contribution in [0.2, 0.25) is 0 Å². The van der Waals surface area contributed by atoms with E-state index in [4.69, 9.17) is 9.47 Å². The van der Waals surface area contributed by atoms with Crippen LogP contribution in [0.5, 0.6) is 11.5 Å². The Labute approximate surface area is 181 Å². The van der Waals surface area contributed by atoms with Gasteiger partial charge in [0.2, 0.25) is 0 Å². The van der Waals surface area contributed by atoms with Crippen molar-refractivity contribution in [2.75, 3.05) is 41.4 Å². The molecule has 8 heteroatoms. The van der Waals surface area contributed by atoms with Gasteiger partial charge in [-0.2, -0.15) is 0 Å². The number of aliphatic hydroxyl groups is 1. The molecular weight excluding hydrogens is 398 g/mol. The largest absolute Gasteiger partial charge is 0.507 e. The number of hydrogen-bond donors (Lipinski definition) is 1. The second kappa shape index (κ2) is 9.61. The molecule has 1 N–H and O–H groups in total. The molecule has 1 amide bonds. The average molecular weight is 425 g/mol. The first-order chi connectivity index (χ1) is 14.9. The zero-order chi connectivity index (χ0) is 22.5. The zero-order valence-corrected chi connectivity index (χ0v) is 18.2. The highest BCUT2D eigenvalue weighted by Crippen LogP contribution is 2.41. The Morgan fingerprint density at radius 1 is 1.13 bits per heavy atom. The van der Waals surface area contributed by atoms with Crippen LogP contribution < -0.4 is 9.47 Å². The predicted octanol–water partition coefficient (Wildman–Crippen LogP) is 2.47. The van der Waals surface area contributed by atoms with Gasteiger partial charge in [-0.1, -0.05) is 0 Å². The Hall–Kier alpha value is -3.39. The highest BCUT2D eigenvalue weighted by atomic mass is 16.5. The van der Waals surface area contributed by atoms with Crippen molar-refractivity contribution in [3.05, 3.63) is 59.4 Å². The van der Waals surface area contributed by atoms with Gasteiger partial charge in [0.1, 0.15) is 17.3 Å². The fourth-order valence-electron chi connectivity index (χ4n) is 3.70. The third-order valence-corrected chi connectivity index (χ3v) is 5.23. The van der Waals surface area contributed by atoms with Crippen LogP contribution in [0.1, 0.15) is 23.6 Å². The standard InChI is InChI=1S/C23H27N3O5/c1-25(2)12-5-13-26-20(15-8-10-24-11-9-15)19(22(28)23(26)29)21(27)17-7-6-16(30-3)14-18(17)31-4/h6-11,14,20,27H,5,12-13H2,1-4H3/t20-/m0/s1. The smallest absolute Gasteiger partial charge is 0.295 e. The van der Waals surface area contributed by atoms with Crippen molar-refractivity contribution in [1.82, 2.24) is 14.8 Å². The predicted molar refractivity (Wildman–Crippen MR) is 116 cm³/mol. The molecule has 2 heterocycles. The third kappa shape index (κ3) is 4.54. The number of Topliss-reactive ketones (excluding diaryl/α,β-unsaturated/α-hetero) is 1. The van der Waals surface area contributed by atoms with E-state index in [0.717, 1.165) is 6.54 Å². The van der Waals surface area contributed by atoms with Crippen LogP contribution >= 0.6 is 0 Å². The van der Waals surface area contributed by atoms with Crippen LogP contribution in [0.4, 0.5) is 0 Å². The van der Waals surface area contributed by atoms with E-state index in [0.29, 0.717) is 35.6 Å². The van der Waals surface area contributed by atoms with E-state index in [1.807, 2.05) is 19.0 Å². The minimum absolute atomic E-state index is 0.0320. The van der Waals surface area contributed by atoms with Crippen molar-refractivity contribution in [2.24, 2.45) is 0 Å². The molecule has 0 aliphatic carbocycles. The molecule has 1 aliphatic rings. The Bertz CT molecular complexity index is 988. The highest BCUT2D eigenvalue weighted by molar-refractivity contribution is 6.46. The molecule has 0 saturated carbocycles. The molecule has 1 aliphatic heterocycles. The Balaban J connectivity index is 2.12. The number of methoxy groups -OCH3 is 2. The van der Waals surface area contributed by atoms with Crippen LogP contribution in [0, 0.1) is 0 Å². The molecule has 0 radical (unpaired) electrons. The molecule has 1 aromatic heterocycles. The van der Waals surface area contributed by atoms with E-state index in [1.54, 1.807) is 42.7 Å². The summed E-state index contributed by atoms with van der Waals surface area (Å²) in [5.74, 6) is -0.751. The molecule has 0 bridgehead atoms. The molecule has 1 saturated heterocycles. The van der Waals surface area contributed by atoms with Crippen molar-refractivity contribution in [2.45, 2.75) is 12.5 Å². The quantitative estimate of drug-likeness (QED) is 0.395. The third-order valence-electron chi connectivity index (χ3n) is 5.23. The van der Waals surface area contributed by atoms with E-state index < -0.39 is 17.7 Å². The summed E-state index contributed by atoms with van der Waals surface area (Å²) in [5, 5.41) is 11.2. The summed E-state index contributed by atoms with van der Waals surface area (Å²) < 4.78 is 10.6. The maximum absolute atomic E-state index is 13.0. The number of benzene rings is 1. The molecule has 1 fully saturated rings. The molecule has 0 spiro atoms. The summed E-state index contributed by atoms with van der Waals surface area (Å²) in [4.78, 5) is 33.5.